The van der Waals surface area contributed by atoms with Crippen LogP contribution in [0.5, 0.6) is 5.75 Å². The lowest BCUT2D eigenvalue weighted by atomic mass is 9.87. The minimum absolute atomic E-state index is 0.374. The fraction of sp³-hybridized carbons (Fsp3) is 0.211. The van der Waals surface area contributed by atoms with Crippen LogP contribution in [-0.4, -0.2) is 17.8 Å². The number of hydrogen-bond acceptors (Lipinski definition) is 5. The SMILES string of the molecule is CSOOc1ccc(C2=C(c3cccc(F)c3)C(=O)OC2(C)C)cc1. The Kier molecular flexibility index (Phi) is 4.83. The Hall–Kier alpha value is -2.31. The van der Waals surface area contributed by atoms with Crippen molar-refractivity contribution in [3.05, 3.63) is 65.5 Å². The lowest BCUT2D eigenvalue weighted by Crippen LogP contribution is -2.22. The molecule has 0 amide bonds. The van der Waals surface area contributed by atoms with Crippen molar-refractivity contribution in [2.75, 3.05) is 6.26 Å². The van der Waals surface area contributed by atoms with Gasteiger partial charge in [0.15, 0.2) is 5.75 Å². The normalized spacial score (nSPS) is 16.1. The van der Waals surface area contributed by atoms with E-state index in [9.17, 15) is 9.18 Å². The zero-order valence-corrected chi connectivity index (χ0v) is 14.9. The number of rotatable bonds is 5. The largest absolute Gasteiger partial charge is 0.451 e. The van der Waals surface area contributed by atoms with Gasteiger partial charge in [0.2, 0.25) is 0 Å². The molecule has 0 radical (unpaired) electrons. The molecule has 1 aliphatic heterocycles. The molecule has 0 saturated carbocycles. The lowest BCUT2D eigenvalue weighted by Gasteiger charge is -2.21. The van der Waals surface area contributed by atoms with Gasteiger partial charge in [0.05, 0.1) is 5.57 Å². The second-order valence-corrected chi connectivity index (χ2v) is 6.47. The summed E-state index contributed by atoms with van der Waals surface area (Å²) in [6.45, 7) is 3.63. The van der Waals surface area contributed by atoms with Crippen LogP contribution in [0.2, 0.25) is 0 Å². The Morgan fingerprint density at radius 2 is 1.80 bits per heavy atom. The molecule has 0 aromatic heterocycles. The molecular weight excluding hydrogens is 343 g/mol. The van der Waals surface area contributed by atoms with Crippen LogP contribution in [0.4, 0.5) is 4.39 Å². The summed E-state index contributed by atoms with van der Waals surface area (Å²) in [5, 5.41) is 0. The Bertz CT molecular complexity index is 828. The topological polar surface area (TPSA) is 44.8 Å². The van der Waals surface area contributed by atoms with Gasteiger partial charge in [0.25, 0.3) is 0 Å². The van der Waals surface area contributed by atoms with E-state index in [2.05, 4.69) is 0 Å². The molecule has 1 heterocycles. The van der Waals surface area contributed by atoms with Crippen LogP contribution in [-0.2, 0) is 13.9 Å². The Morgan fingerprint density at radius 3 is 2.44 bits per heavy atom. The number of hydrogen-bond donors (Lipinski definition) is 0. The third-order valence-corrected chi connectivity index (χ3v) is 4.06. The molecule has 0 unspecified atom stereocenters. The maximum absolute atomic E-state index is 13.6. The zero-order chi connectivity index (χ0) is 18.0. The first-order valence-electron chi connectivity index (χ1n) is 7.64. The first kappa shape index (κ1) is 17.5. The van der Waals surface area contributed by atoms with Crippen molar-refractivity contribution in [1.82, 2.24) is 0 Å². The number of carbonyl (C=O) groups excluding carboxylic acids is 1. The molecule has 0 atom stereocenters. The van der Waals surface area contributed by atoms with Crippen LogP contribution < -0.4 is 4.89 Å². The first-order chi connectivity index (χ1) is 11.9. The van der Waals surface area contributed by atoms with Crippen molar-refractivity contribution >= 4 is 29.2 Å². The summed E-state index contributed by atoms with van der Waals surface area (Å²) in [6.07, 6.45) is 1.74. The quantitative estimate of drug-likeness (QED) is 0.336. The van der Waals surface area contributed by atoms with Crippen LogP contribution >= 0.6 is 12.0 Å². The average molecular weight is 360 g/mol. The third kappa shape index (κ3) is 3.55. The van der Waals surface area contributed by atoms with Crippen molar-refractivity contribution in [2.24, 2.45) is 0 Å². The maximum Gasteiger partial charge on any atom is 0.340 e. The molecule has 2 aromatic rings. The lowest BCUT2D eigenvalue weighted by molar-refractivity contribution is -0.141. The number of carbonyl (C=O) groups is 1. The molecule has 0 saturated heterocycles. The Balaban J connectivity index is 2.09. The smallest absolute Gasteiger partial charge is 0.340 e. The van der Waals surface area contributed by atoms with Crippen molar-refractivity contribution in [2.45, 2.75) is 19.4 Å². The van der Waals surface area contributed by atoms with Crippen molar-refractivity contribution in [3.63, 3.8) is 0 Å². The van der Waals surface area contributed by atoms with E-state index in [4.69, 9.17) is 14.0 Å². The number of halogens is 1. The van der Waals surface area contributed by atoms with Crippen molar-refractivity contribution < 1.29 is 23.1 Å². The summed E-state index contributed by atoms with van der Waals surface area (Å²) in [7, 11) is 0. The minimum atomic E-state index is -0.823. The second-order valence-electron chi connectivity index (χ2n) is 6.00. The molecule has 0 fully saturated rings. The predicted molar refractivity (Wildman–Crippen MR) is 95.1 cm³/mol. The average Bonchev–Trinajstić information content (AvgIpc) is 2.82. The van der Waals surface area contributed by atoms with E-state index in [-0.39, 0.29) is 0 Å². The van der Waals surface area contributed by atoms with Crippen LogP contribution in [0, 0.1) is 5.82 Å². The minimum Gasteiger partial charge on any atom is -0.451 e. The fourth-order valence-corrected chi connectivity index (χ4v) is 3.03. The number of ether oxygens (including phenoxy) is 1. The van der Waals surface area contributed by atoms with Crippen molar-refractivity contribution in [3.8, 4) is 5.75 Å². The van der Waals surface area contributed by atoms with E-state index >= 15 is 0 Å². The molecule has 0 N–H and O–H groups in total. The van der Waals surface area contributed by atoms with Gasteiger partial charge < -0.3 is 9.62 Å². The van der Waals surface area contributed by atoms with Gasteiger partial charge in [-0.15, -0.1) is 4.33 Å². The molecule has 0 aliphatic carbocycles. The van der Waals surface area contributed by atoms with Gasteiger partial charge in [-0.1, -0.05) is 24.3 Å². The molecule has 25 heavy (non-hydrogen) atoms. The molecule has 3 rings (SSSR count). The van der Waals surface area contributed by atoms with Gasteiger partial charge >= 0.3 is 5.97 Å². The number of cyclic esters (lactones) is 1. The molecule has 6 heteroatoms. The molecular formula is C19H17FO4S. The van der Waals surface area contributed by atoms with Crippen LogP contribution in [0.3, 0.4) is 0 Å². The highest BCUT2D eigenvalue weighted by Crippen LogP contribution is 2.44. The number of benzene rings is 2. The summed E-state index contributed by atoms with van der Waals surface area (Å²) in [5.41, 5.74) is 1.55. The molecule has 2 aromatic carbocycles. The Labute approximate surface area is 149 Å². The molecule has 4 nitrogen and oxygen atoms in total. The first-order valence-corrected chi connectivity index (χ1v) is 8.79. The zero-order valence-electron chi connectivity index (χ0n) is 14.0. The van der Waals surface area contributed by atoms with Crippen LogP contribution in [0.1, 0.15) is 25.0 Å². The standard InChI is InChI=1S/C19H17FO4S/c1-19(2)17(12-7-9-15(10-8-12)23-24-25-3)16(18(21)22-19)13-5-4-6-14(20)11-13/h4-11H,1-3H3. The van der Waals surface area contributed by atoms with Gasteiger partial charge in [0, 0.05) is 23.9 Å². The highest BCUT2D eigenvalue weighted by atomic mass is 32.2. The summed E-state index contributed by atoms with van der Waals surface area (Å²) in [6, 6.07) is 13.1. The maximum atomic E-state index is 13.6. The third-order valence-electron chi connectivity index (χ3n) is 3.86. The van der Waals surface area contributed by atoms with E-state index in [1.54, 1.807) is 30.5 Å². The molecule has 0 spiro atoms. The van der Waals surface area contributed by atoms with Crippen LogP contribution in [0.25, 0.3) is 11.1 Å². The van der Waals surface area contributed by atoms with Gasteiger partial charge in [-0.2, -0.15) is 0 Å². The monoisotopic (exact) mass is 360 g/mol. The number of esters is 1. The summed E-state index contributed by atoms with van der Waals surface area (Å²) in [5.74, 6) is -0.328. The fourth-order valence-electron chi connectivity index (χ4n) is 2.89. The van der Waals surface area contributed by atoms with E-state index in [1.165, 1.54) is 12.1 Å². The van der Waals surface area contributed by atoms with Gasteiger partial charge in [-0.3, -0.25) is 0 Å². The molecule has 130 valence electrons. The second kappa shape index (κ2) is 6.90. The Morgan fingerprint density at radius 1 is 1.08 bits per heavy atom. The summed E-state index contributed by atoms with van der Waals surface area (Å²) >= 11 is 1.09. The molecule has 0 bridgehead atoms. The predicted octanol–water partition coefficient (Wildman–Crippen LogP) is 4.66. The van der Waals surface area contributed by atoms with E-state index in [1.807, 2.05) is 26.0 Å². The van der Waals surface area contributed by atoms with Gasteiger partial charge in [-0.05, 0) is 49.2 Å². The van der Waals surface area contributed by atoms with Crippen molar-refractivity contribution in [1.29, 1.82) is 0 Å². The van der Waals surface area contributed by atoms with Gasteiger partial charge in [0.1, 0.15) is 11.4 Å². The van der Waals surface area contributed by atoms with E-state index in [0.717, 1.165) is 17.6 Å². The summed E-state index contributed by atoms with van der Waals surface area (Å²) in [4.78, 5) is 17.5. The molecule has 1 aliphatic rings. The highest BCUT2D eigenvalue weighted by Gasteiger charge is 2.41. The van der Waals surface area contributed by atoms with E-state index < -0.39 is 17.4 Å². The summed E-state index contributed by atoms with van der Waals surface area (Å²) < 4.78 is 24.0. The van der Waals surface area contributed by atoms with E-state index in [0.29, 0.717) is 22.5 Å². The highest BCUT2D eigenvalue weighted by molar-refractivity contribution is 7.93. The van der Waals surface area contributed by atoms with Crippen LogP contribution in [0.15, 0.2) is 48.5 Å². The van der Waals surface area contributed by atoms with Gasteiger partial charge in [-0.25, -0.2) is 9.18 Å².